The lowest BCUT2D eigenvalue weighted by Gasteiger charge is -2.22. The van der Waals surface area contributed by atoms with Gasteiger partial charge in [-0.3, -0.25) is 4.72 Å². The lowest BCUT2D eigenvalue weighted by atomic mass is 10.2. The van der Waals surface area contributed by atoms with Crippen molar-refractivity contribution in [2.45, 2.75) is 13.8 Å². The van der Waals surface area contributed by atoms with Crippen LogP contribution in [0, 0.1) is 6.92 Å². The van der Waals surface area contributed by atoms with E-state index in [1.165, 1.54) is 14.1 Å². The highest BCUT2D eigenvalue weighted by Gasteiger charge is 2.15. The van der Waals surface area contributed by atoms with E-state index < -0.39 is 10.2 Å². The van der Waals surface area contributed by atoms with Crippen molar-refractivity contribution >= 4 is 27.5 Å². The molecule has 1 heterocycles. The molecular formula is C15H21N5O2S. The van der Waals surface area contributed by atoms with E-state index in [0.717, 1.165) is 22.1 Å². The van der Waals surface area contributed by atoms with Crippen LogP contribution in [0.3, 0.4) is 0 Å². The molecule has 1 N–H and O–H groups in total. The van der Waals surface area contributed by atoms with Crippen molar-refractivity contribution in [1.82, 2.24) is 14.5 Å². The average Bonchev–Trinajstić information content (AvgIpc) is 2.49. The van der Waals surface area contributed by atoms with Crippen molar-refractivity contribution in [3.05, 3.63) is 42.0 Å². The highest BCUT2D eigenvalue weighted by atomic mass is 32.2. The molecule has 2 rings (SSSR count). The second-order valence-electron chi connectivity index (χ2n) is 5.25. The number of aromatic nitrogens is 2. The highest BCUT2D eigenvalue weighted by Crippen LogP contribution is 2.24. The molecule has 0 unspecified atom stereocenters. The van der Waals surface area contributed by atoms with Gasteiger partial charge in [0.25, 0.3) is 0 Å². The van der Waals surface area contributed by atoms with Crippen LogP contribution in [0.25, 0.3) is 0 Å². The molecule has 2 aromatic rings. The molecule has 1 aromatic heterocycles. The molecule has 124 valence electrons. The molecular weight excluding hydrogens is 314 g/mol. The second-order valence-corrected chi connectivity index (χ2v) is 7.13. The van der Waals surface area contributed by atoms with E-state index in [9.17, 15) is 8.42 Å². The monoisotopic (exact) mass is 335 g/mol. The predicted octanol–water partition coefficient (Wildman–Crippen LogP) is 2.16. The summed E-state index contributed by atoms with van der Waals surface area (Å²) in [4.78, 5) is 2.00. The topological polar surface area (TPSA) is 78.4 Å². The SMILES string of the molecule is CCN(c1cccc(C)c1)c1ccc(NS(=O)(=O)N(C)C)nn1. The first kappa shape index (κ1) is 17.2. The van der Waals surface area contributed by atoms with Gasteiger partial charge in [0.1, 0.15) is 0 Å². The number of benzene rings is 1. The molecule has 0 spiro atoms. The zero-order chi connectivity index (χ0) is 17.0. The fraction of sp³-hybridized carbons (Fsp3) is 0.333. The van der Waals surface area contributed by atoms with Gasteiger partial charge in [-0.2, -0.15) is 12.7 Å². The summed E-state index contributed by atoms with van der Waals surface area (Å²) in [6.07, 6.45) is 0. The van der Waals surface area contributed by atoms with E-state index in [2.05, 4.69) is 21.0 Å². The molecule has 0 fully saturated rings. The van der Waals surface area contributed by atoms with E-state index in [4.69, 9.17) is 0 Å². The molecule has 1 aromatic carbocycles. The van der Waals surface area contributed by atoms with Gasteiger partial charge in [-0.15, -0.1) is 10.2 Å². The van der Waals surface area contributed by atoms with E-state index >= 15 is 0 Å². The lowest BCUT2D eigenvalue weighted by Crippen LogP contribution is -2.29. The summed E-state index contributed by atoms with van der Waals surface area (Å²) in [5, 5.41) is 8.08. The van der Waals surface area contributed by atoms with Crippen LogP contribution in [0.15, 0.2) is 36.4 Å². The molecule has 0 bridgehead atoms. The van der Waals surface area contributed by atoms with Crippen LogP contribution in [0.4, 0.5) is 17.3 Å². The van der Waals surface area contributed by atoms with Crippen LogP contribution in [0.1, 0.15) is 12.5 Å². The van der Waals surface area contributed by atoms with Crippen molar-refractivity contribution in [1.29, 1.82) is 0 Å². The second kappa shape index (κ2) is 6.93. The fourth-order valence-electron chi connectivity index (χ4n) is 2.02. The molecule has 0 aliphatic heterocycles. The van der Waals surface area contributed by atoms with Crippen LogP contribution < -0.4 is 9.62 Å². The Kier molecular flexibility index (Phi) is 5.17. The van der Waals surface area contributed by atoms with Crippen molar-refractivity contribution in [3.63, 3.8) is 0 Å². The summed E-state index contributed by atoms with van der Waals surface area (Å²) in [6.45, 7) is 4.77. The number of hydrogen-bond acceptors (Lipinski definition) is 5. The number of nitrogens with zero attached hydrogens (tertiary/aromatic N) is 4. The molecule has 0 aliphatic rings. The summed E-state index contributed by atoms with van der Waals surface area (Å²) in [5.74, 6) is 0.841. The Bertz CT molecular complexity index is 760. The Labute approximate surface area is 137 Å². The van der Waals surface area contributed by atoms with Gasteiger partial charge < -0.3 is 4.90 Å². The maximum atomic E-state index is 11.8. The highest BCUT2D eigenvalue weighted by molar-refractivity contribution is 7.90. The van der Waals surface area contributed by atoms with Gasteiger partial charge in [-0.25, -0.2) is 0 Å². The Balaban J connectivity index is 2.24. The van der Waals surface area contributed by atoms with Crippen LogP contribution >= 0.6 is 0 Å². The maximum absolute atomic E-state index is 11.8. The Morgan fingerprint density at radius 2 is 1.87 bits per heavy atom. The molecule has 23 heavy (non-hydrogen) atoms. The lowest BCUT2D eigenvalue weighted by molar-refractivity contribution is 0.526. The third kappa shape index (κ3) is 4.17. The third-order valence-electron chi connectivity index (χ3n) is 3.27. The molecule has 0 saturated heterocycles. The molecule has 8 heteroatoms. The summed E-state index contributed by atoms with van der Waals surface area (Å²) in [6, 6.07) is 11.4. The molecule has 7 nitrogen and oxygen atoms in total. The first-order chi connectivity index (χ1) is 10.8. The number of hydrogen-bond donors (Lipinski definition) is 1. The minimum Gasteiger partial charge on any atom is -0.325 e. The van der Waals surface area contributed by atoms with E-state index in [0.29, 0.717) is 5.82 Å². The minimum atomic E-state index is -3.58. The first-order valence-electron chi connectivity index (χ1n) is 7.21. The fourth-order valence-corrected chi connectivity index (χ4v) is 2.58. The molecule has 0 saturated carbocycles. The summed E-state index contributed by atoms with van der Waals surface area (Å²) in [5.41, 5.74) is 2.17. The summed E-state index contributed by atoms with van der Waals surface area (Å²) >= 11 is 0. The molecule has 0 radical (unpaired) electrons. The van der Waals surface area contributed by atoms with E-state index in [1.54, 1.807) is 12.1 Å². The van der Waals surface area contributed by atoms with Gasteiger partial charge in [0, 0.05) is 26.3 Å². The molecule has 0 amide bonds. The largest absolute Gasteiger partial charge is 0.325 e. The Hall–Kier alpha value is -2.19. The van der Waals surface area contributed by atoms with Crippen molar-refractivity contribution < 1.29 is 8.42 Å². The van der Waals surface area contributed by atoms with Crippen molar-refractivity contribution in [2.75, 3.05) is 30.3 Å². The van der Waals surface area contributed by atoms with Crippen LogP contribution in [0.2, 0.25) is 0 Å². The van der Waals surface area contributed by atoms with Gasteiger partial charge >= 0.3 is 10.2 Å². The maximum Gasteiger partial charge on any atom is 0.302 e. The quantitative estimate of drug-likeness (QED) is 0.875. The zero-order valence-electron chi connectivity index (χ0n) is 13.7. The number of nitrogens with one attached hydrogen (secondary N) is 1. The minimum absolute atomic E-state index is 0.183. The summed E-state index contributed by atoms with van der Waals surface area (Å²) in [7, 11) is -0.690. The van der Waals surface area contributed by atoms with Crippen LogP contribution in [-0.4, -0.2) is 43.6 Å². The van der Waals surface area contributed by atoms with Gasteiger partial charge in [-0.05, 0) is 43.7 Å². The van der Waals surface area contributed by atoms with Crippen LogP contribution in [-0.2, 0) is 10.2 Å². The smallest absolute Gasteiger partial charge is 0.302 e. The van der Waals surface area contributed by atoms with Crippen molar-refractivity contribution in [2.24, 2.45) is 0 Å². The Morgan fingerprint density at radius 3 is 2.39 bits per heavy atom. The number of anilines is 3. The normalized spacial score (nSPS) is 11.5. The Morgan fingerprint density at radius 1 is 1.13 bits per heavy atom. The molecule has 0 aliphatic carbocycles. The molecule has 0 atom stereocenters. The standard InChI is InChI=1S/C15H21N5O2S/c1-5-20(13-8-6-7-12(2)11-13)15-10-9-14(16-17-15)18-23(21,22)19(3)4/h6-11H,5H2,1-4H3,(H,16,18). The first-order valence-corrected chi connectivity index (χ1v) is 8.65. The van der Waals surface area contributed by atoms with Gasteiger partial charge in [0.05, 0.1) is 0 Å². The predicted molar refractivity (Wildman–Crippen MR) is 92.1 cm³/mol. The van der Waals surface area contributed by atoms with Gasteiger partial charge in [0.2, 0.25) is 0 Å². The third-order valence-corrected chi connectivity index (χ3v) is 4.70. The number of rotatable bonds is 6. The van der Waals surface area contributed by atoms with Crippen molar-refractivity contribution in [3.8, 4) is 0 Å². The number of aryl methyl sites for hydroxylation is 1. The van der Waals surface area contributed by atoms with E-state index in [1.807, 2.05) is 36.9 Å². The van der Waals surface area contributed by atoms with Gasteiger partial charge in [0.15, 0.2) is 11.6 Å². The zero-order valence-corrected chi connectivity index (χ0v) is 14.5. The van der Waals surface area contributed by atoms with E-state index in [-0.39, 0.29) is 5.82 Å². The van der Waals surface area contributed by atoms with Gasteiger partial charge in [-0.1, -0.05) is 12.1 Å². The summed E-state index contributed by atoms with van der Waals surface area (Å²) < 4.78 is 27.0. The van der Waals surface area contributed by atoms with Crippen LogP contribution in [0.5, 0.6) is 0 Å². The average molecular weight is 335 g/mol.